The molecule has 0 aromatic heterocycles. The Kier molecular flexibility index (Phi) is 2.33. The van der Waals surface area contributed by atoms with Gasteiger partial charge in [-0.2, -0.15) is 0 Å². The van der Waals surface area contributed by atoms with Gasteiger partial charge in [-0.05, 0) is 25.5 Å². The van der Waals surface area contributed by atoms with Crippen molar-refractivity contribution in [1.29, 1.82) is 0 Å². The molecule has 0 bridgehead atoms. The summed E-state index contributed by atoms with van der Waals surface area (Å²) in [5.74, 6) is 1.58. The summed E-state index contributed by atoms with van der Waals surface area (Å²) in [5, 5.41) is 9.37. The predicted octanol–water partition coefficient (Wildman–Crippen LogP) is 1.65. The second kappa shape index (κ2) is 3.50. The first-order valence-corrected chi connectivity index (χ1v) is 4.74. The third-order valence-electron chi connectivity index (χ3n) is 2.38. The number of ether oxygens (including phenoxy) is 2. The molecule has 2 rings (SSSR count). The number of fused-ring (bicyclic) bond motifs is 1. The van der Waals surface area contributed by atoms with Crippen LogP contribution < -0.4 is 9.47 Å². The van der Waals surface area contributed by atoms with Crippen LogP contribution in [0.4, 0.5) is 0 Å². The van der Waals surface area contributed by atoms with E-state index in [1.54, 1.807) is 6.92 Å². The van der Waals surface area contributed by atoms with E-state index in [1.165, 1.54) is 0 Å². The van der Waals surface area contributed by atoms with Crippen molar-refractivity contribution in [1.82, 2.24) is 0 Å². The molecule has 0 saturated carbocycles. The summed E-state index contributed by atoms with van der Waals surface area (Å²) in [5.41, 5.74) is 2.19. The van der Waals surface area contributed by atoms with E-state index < -0.39 is 0 Å². The van der Waals surface area contributed by atoms with Crippen LogP contribution in [0.25, 0.3) is 0 Å². The average molecular weight is 194 g/mol. The lowest BCUT2D eigenvalue weighted by atomic mass is 10.0. The fourth-order valence-electron chi connectivity index (χ4n) is 1.68. The highest BCUT2D eigenvalue weighted by atomic mass is 16.7. The zero-order valence-electron chi connectivity index (χ0n) is 8.41. The van der Waals surface area contributed by atoms with E-state index in [1.807, 2.05) is 19.1 Å². The molecule has 1 aliphatic rings. The van der Waals surface area contributed by atoms with Gasteiger partial charge in [0.2, 0.25) is 6.79 Å². The topological polar surface area (TPSA) is 38.7 Å². The Morgan fingerprint density at radius 1 is 1.43 bits per heavy atom. The lowest BCUT2D eigenvalue weighted by molar-refractivity contribution is 0.169. The van der Waals surface area contributed by atoms with Crippen molar-refractivity contribution in [2.45, 2.75) is 26.4 Å². The average Bonchev–Trinajstić information content (AvgIpc) is 2.57. The fourth-order valence-corrected chi connectivity index (χ4v) is 1.68. The van der Waals surface area contributed by atoms with Gasteiger partial charge < -0.3 is 14.6 Å². The number of aliphatic hydroxyl groups is 1. The Balaban J connectivity index is 2.41. The van der Waals surface area contributed by atoms with Gasteiger partial charge in [-0.3, -0.25) is 0 Å². The molecule has 1 aliphatic heterocycles. The molecule has 0 aliphatic carbocycles. The molecule has 14 heavy (non-hydrogen) atoms. The zero-order chi connectivity index (χ0) is 10.1. The van der Waals surface area contributed by atoms with Crippen molar-refractivity contribution in [2.24, 2.45) is 0 Å². The summed E-state index contributed by atoms with van der Waals surface area (Å²) in [6.07, 6.45) is 0.252. The Morgan fingerprint density at radius 2 is 2.21 bits per heavy atom. The van der Waals surface area contributed by atoms with Crippen molar-refractivity contribution in [3.8, 4) is 11.5 Å². The highest BCUT2D eigenvalue weighted by Gasteiger charge is 2.19. The van der Waals surface area contributed by atoms with Crippen LogP contribution in [0.15, 0.2) is 12.1 Å². The number of hydrogen-bond acceptors (Lipinski definition) is 3. The van der Waals surface area contributed by atoms with Crippen molar-refractivity contribution in [3.63, 3.8) is 0 Å². The maximum Gasteiger partial charge on any atom is 0.231 e. The molecular weight excluding hydrogens is 180 g/mol. The Hall–Kier alpha value is -1.22. The Morgan fingerprint density at radius 3 is 2.93 bits per heavy atom. The van der Waals surface area contributed by atoms with Crippen molar-refractivity contribution in [3.05, 3.63) is 23.3 Å². The van der Waals surface area contributed by atoms with Gasteiger partial charge in [0, 0.05) is 12.0 Å². The minimum atomic E-state index is -0.357. The van der Waals surface area contributed by atoms with Crippen LogP contribution in [0, 0.1) is 6.92 Å². The molecule has 0 spiro atoms. The summed E-state index contributed by atoms with van der Waals surface area (Å²) in [4.78, 5) is 0. The molecule has 76 valence electrons. The predicted molar refractivity (Wildman–Crippen MR) is 52.7 cm³/mol. The standard InChI is InChI=1S/C11H14O3/c1-7-3-4-10-11(14-6-13-10)9(7)5-8(2)12/h3-4,8,12H,5-6H2,1-2H3. The van der Waals surface area contributed by atoms with Gasteiger partial charge in [0.15, 0.2) is 11.5 Å². The molecule has 0 radical (unpaired) electrons. The smallest absolute Gasteiger partial charge is 0.231 e. The lowest BCUT2D eigenvalue weighted by Gasteiger charge is -2.10. The maximum atomic E-state index is 9.37. The molecule has 1 aromatic carbocycles. The number of hydrogen-bond donors (Lipinski definition) is 1. The molecule has 1 aromatic rings. The normalized spacial score (nSPS) is 15.6. The molecule has 1 heterocycles. The monoisotopic (exact) mass is 194 g/mol. The van der Waals surface area contributed by atoms with Crippen molar-refractivity contribution < 1.29 is 14.6 Å². The number of rotatable bonds is 2. The number of aliphatic hydroxyl groups excluding tert-OH is 1. The minimum Gasteiger partial charge on any atom is -0.454 e. The largest absolute Gasteiger partial charge is 0.454 e. The first-order chi connectivity index (χ1) is 6.68. The van der Waals surface area contributed by atoms with Gasteiger partial charge >= 0.3 is 0 Å². The fraction of sp³-hybridized carbons (Fsp3) is 0.455. The van der Waals surface area contributed by atoms with Gasteiger partial charge in [0.05, 0.1) is 6.10 Å². The van der Waals surface area contributed by atoms with Crippen LogP contribution in [0.1, 0.15) is 18.1 Å². The molecule has 1 atom stereocenters. The van der Waals surface area contributed by atoms with Crippen LogP contribution in [0.2, 0.25) is 0 Å². The molecule has 0 fully saturated rings. The molecule has 0 amide bonds. The van der Waals surface area contributed by atoms with E-state index in [4.69, 9.17) is 9.47 Å². The first kappa shape index (κ1) is 9.34. The van der Waals surface area contributed by atoms with Gasteiger partial charge in [0.1, 0.15) is 0 Å². The van der Waals surface area contributed by atoms with Gasteiger partial charge in [-0.1, -0.05) is 6.07 Å². The van der Waals surface area contributed by atoms with Crippen LogP contribution in [-0.4, -0.2) is 18.0 Å². The van der Waals surface area contributed by atoms with Gasteiger partial charge in [0.25, 0.3) is 0 Å². The van der Waals surface area contributed by atoms with Gasteiger partial charge in [-0.25, -0.2) is 0 Å². The van der Waals surface area contributed by atoms with E-state index >= 15 is 0 Å². The molecule has 3 heteroatoms. The Labute approximate surface area is 83.3 Å². The highest BCUT2D eigenvalue weighted by Crippen LogP contribution is 2.37. The summed E-state index contributed by atoms with van der Waals surface area (Å²) >= 11 is 0. The third kappa shape index (κ3) is 1.55. The molecule has 1 N–H and O–H groups in total. The minimum absolute atomic E-state index is 0.283. The van der Waals surface area contributed by atoms with E-state index in [0.717, 1.165) is 22.6 Å². The maximum absolute atomic E-state index is 9.37. The molecule has 0 saturated heterocycles. The summed E-state index contributed by atoms with van der Waals surface area (Å²) in [6, 6.07) is 3.90. The summed E-state index contributed by atoms with van der Waals surface area (Å²) < 4.78 is 10.6. The highest BCUT2D eigenvalue weighted by molar-refractivity contribution is 5.51. The summed E-state index contributed by atoms with van der Waals surface area (Å²) in [7, 11) is 0. The third-order valence-corrected chi connectivity index (χ3v) is 2.38. The summed E-state index contributed by atoms with van der Waals surface area (Å²) in [6.45, 7) is 4.07. The molecule has 3 nitrogen and oxygen atoms in total. The van der Waals surface area contributed by atoms with Crippen molar-refractivity contribution >= 4 is 0 Å². The number of aryl methyl sites for hydroxylation is 1. The quantitative estimate of drug-likeness (QED) is 0.778. The van der Waals surface area contributed by atoms with Crippen LogP contribution in [0.3, 0.4) is 0 Å². The second-order valence-corrected chi connectivity index (χ2v) is 3.65. The van der Waals surface area contributed by atoms with Gasteiger partial charge in [-0.15, -0.1) is 0 Å². The zero-order valence-corrected chi connectivity index (χ0v) is 8.41. The van der Waals surface area contributed by atoms with E-state index in [9.17, 15) is 5.11 Å². The SMILES string of the molecule is Cc1ccc2c(c1CC(C)O)OCO2. The number of benzene rings is 1. The van der Waals surface area contributed by atoms with E-state index in [2.05, 4.69) is 0 Å². The van der Waals surface area contributed by atoms with E-state index in [-0.39, 0.29) is 12.9 Å². The molecular formula is C11H14O3. The van der Waals surface area contributed by atoms with Crippen molar-refractivity contribution in [2.75, 3.05) is 6.79 Å². The van der Waals surface area contributed by atoms with Crippen LogP contribution in [-0.2, 0) is 6.42 Å². The van der Waals surface area contributed by atoms with E-state index in [0.29, 0.717) is 6.42 Å². The molecule has 1 unspecified atom stereocenters. The van der Waals surface area contributed by atoms with Crippen LogP contribution in [0.5, 0.6) is 11.5 Å². The lowest BCUT2D eigenvalue weighted by Crippen LogP contribution is -2.06. The first-order valence-electron chi connectivity index (χ1n) is 4.74. The Bertz CT molecular complexity index is 345. The van der Waals surface area contributed by atoms with Crippen LogP contribution >= 0.6 is 0 Å². The second-order valence-electron chi connectivity index (χ2n) is 3.65.